The van der Waals surface area contributed by atoms with Gasteiger partial charge in [-0.2, -0.15) is 0 Å². The summed E-state index contributed by atoms with van der Waals surface area (Å²) in [5, 5.41) is 25.1. The van der Waals surface area contributed by atoms with Crippen LogP contribution >= 0.6 is 0 Å². The first kappa shape index (κ1) is 17.9. The predicted molar refractivity (Wildman–Crippen MR) is 86.7 cm³/mol. The highest BCUT2D eigenvalue weighted by Gasteiger charge is 2.24. The number of sulfonamides is 1. The molecule has 0 spiro atoms. The Morgan fingerprint density at radius 3 is 2.46 bits per heavy atom. The number of rotatable bonds is 7. The van der Waals surface area contributed by atoms with Gasteiger partial charge in [-0.15, -0.1) is 5.10 Å². The van der Waals surface area contributed by atoms with Crippen molar-refractivity contribution in [2.24, 2.45) is 11.1 Å². The molecule has 130 valence electrons. The average molecular weight is 353 g/mol. The molecular weight excluding hydrogens is 334 g/mol. The lowest BCUT2D eigenvalue weighted by molar-refractivity contribution is -0.142. The first-order valence-electron chi connectivity index (χ1n) is 7.18. The van der Waals surface area contributed by atoms with Gasteiger partial charge in [0.25, 0.3) is 0 Å². The first-order valence-corrected chi connectivity index (χ1v) is 8.73. The van der Waals surface area contributed by atoms with E-state index in [9.17, 15) is 18.3 Å². The summed E-state index contributed by atoms with van der Waals surface area (Å²) < 4.78 is 23.7. The quantitative estimate of drug-likeness (QED) is 0.669. The van der Waals surface area contributed by atoms with E-state index in [1.165, 1.54) is 16.8 Å². The summed E-state index contributed by atoms with van der Waals surface area (Å²) in [6, 6.07) is 5.18. The van der Waals surface area contributed by atoms with Gasteiger partial charge in [-0.05, 0) is 30.2 Å². The fourth-order valence-electron chi connectivity index (χ4n) is 2.19. The van der Waals surface area contributed by atoms with E-state index in [1.54, 1.807) is 32.2 Å². The average Bonchev–Trinajstić information content (AvgIpc) is 2.92. The van der Waals surface area contributed by atoms with Crippen LogP contribution in [-0.4, -0.2) is 34.5 Å². The van der Waals surface area contributed by atoms with Crippen molar-refractivity contribution in [3.8, 4) is 0 Å². The van der Waals surface area contributed by atoms with Crippen LogP contribution in [0, 0.1) is 5.92 Å². The SMILES string of the molecule is CC(C)[C@@H](C(=O)O)n1cc(CNc2ccc(S(N)(=O)=O)cc2)nn1. The molecule has 0 radical (unpaired) electrons. The summed E-state index contributed by atoms with van der Waals surface area (Å²) in [6.45, 7) is 3.91. The van der Waals surface area contributed by atoms with E-state index in [-0.39, 0.29) is 10.8 Å². The Kier molecular flexibility index (Phi) is 5.20. The minimum absolute atomic E-state index is 0.0280. The van der Waals surface area contributed by atoms with Gasteiger partial charge in [0.05, 0.1) is 17.6 Å². The van der Waals surface area contributed by atoms with Crippen LogP contribution < -0.4 is 10.5 Å². The number of hydrogen-bond donors (Lipinski definition) is 3. The topological polar surface area (TPSA) is 140 Å². The molecule has 2 aromatic rings. The molecule has 1 heterocycles. The molecule has 1 atom stereocenters. The summed E-state index contributed by atoms with van der Waals surface area (Å²) >= 11 is 0. The smallest absolute Gasteiger partial charge is 0.328 e. The van der Waals surface area contributed by atoms with Gasteiger partial charge in [-0.3, -0.25) is 0 Å². The number of carboxylic acids is 1. The molecule has 10 heteroatoms. The molecule has 9 nitrogen and oxygen atoms in total. The minimum Gasteiger partial charge on any atom is -0.480 e. The molecule has 24 heavy (non-hydrogen) atoms. The minimum atomic E-state index is -3.72. The van der Waals surface area contributed by atoms with E-state index in [1.807, 2.05) is 0 Å². The van der Waals surface area contributed by atoms with E-state index in [2.05, 4.69) is 15.6 Å². The van der Waals surface area contributed by atoms with Crippen LogP contribution in [0.2, 0.25) is 0 Å². The third-order valence-corrected chi connectivity index (χ3v) is 4.31. The predicted octanol–water partition coefficient (Wildman–Crippen LogP) is 0.819. The van der Waals surface area contributed by atoms with Gasteiger partial charge < -0.3 is 10.4 Å². The zero-order chi connectivity index (χ0) is 17.9. The number of primary sulfonamides is 1. The molecule has 1 aromatic carbocycles. The normalized spacial score (nSPS) is 13.0. The van der Waals surface area contributed by atoms with Crippen molar-refractivity contribution >= 4 is 21.7 Å². The third kappa shape index (κ3) is 4.30. The molecule has 2 rings (SSSR count). The Labute approximate surface area is 139 Å². The van der Waals surface area contributed by atoms with E-state index >= 15 is 0 Å². The Bertz CT molecular complexity index is 814. The highest BCUT2D eigenvalue weighted by Crippen LogP contribution is 2.17. The Morgan fingerprint density at radius 2 is 1.96 bits per heavy atom. The Balaban J connectivity index is 2.04. The number of aromatic nitrogens is 3. The molecule has 0 aliphatic carbocycles. The largest absolute Gasteiger partial charge is 0.480 e. The number of carboxylic acid groups (broad SMARTS) is 1. The van der Waals surface area contributed by atoms with Crippen molar-refractivity contribution < 1.29 is 18.3 Å². The lowest BCUT2D eigenvalue weighted by atomic mass is 10.1. The molecule has 1 aromatic heterocycles. The van der Waals surface area contributed by atoms with Crippen molar-refractivity contribution in [3.05, 3.63) is 36.2 Å². The molecule has 0 fully saturated rings. The number of aliphatic carboxylic acids is 1. The van der Waals surface area contributed by atoms with Crippen LogP contribution in [-0.2, 0) is 21.4 Å². The maximum absolute atomic E-state index is 11.3. The third-order valence-electron chi connectivity index (χ3n) is 3.38. The van der Waals surface area contributed by atoms with Crippen molar-refractivity contribution in [1.29, 1.82) is 0 Å². The molecule has 0 unspecified atom stereocenters. The van der Waals surface area contributed by atoms with Gasteiger partial charge in [0.2, 0.25) is 10.0 Å². The number of carbonyl (C=O) groups is 1. The van der Waals surface area contributed by atoms with Gasteiger partial charge in [-0.25, -0.2) is 23.0 Å². The monoisotopic (exact) mass is 353 g/mol. The second kappa shape index (κ2) is 6.97. The molecule has 0 saturated carbocycles. The van der Waals surface area contributed by atoms with Crippen LogP contribution in [0.25, 0.3) is 0 Å². The van der Waals surface area contributed by atoms with E-state index in [0.717, 1.165) is 0 Å². The van der Waals surface area contributed by atoms with Gasteiger partial charge in [-0.1, -0.05) is 19.1 Å². The molecule has 0 saturated heterocycles. The molecule has 0 bridgehead atoms. The summed E-state index contributed by atoms with van der Waals surface area (Å²) in [5.74, 6) is -1.09. The first-order chi connectivity index (χ1) is 11.2. The van der Waals surface area contributed by atoms with Crippen LogP contribution in [0.1, 0.15) is 25.6 Å². The van der Waals surface area contributed by atoms with Crippen LogP contribution in [0.3, 0.4) is 0 Å². The Morgan fingerprint density at radius 1 is 1.33 bits per heavy atom. The number of benzene rings is 1. The van der Waals surface area contributed by atoms with Crippen molar-refractivity contribution in [3.63, 3.8) is 0 Å². The van der Waals surface area contributed by atoms with E-state index in [4.69, 9.17) is 5.14 Å². The lowest BCUT2D eigenvalue weighted by Crippen LogP contribution is -2.24. The van der Waals surface area contributed by atoms with Crippen molar-refractivity contribution in [2.75, 3.05) is 5.32 Å². The van der Waals surface area contributed by atoms with Gasteiger partial charge in [0, 0.05) is 5.69 Å². The molecule has 0 amide bonds. The lowest BCUT2D eigenvalue weighted by Gasteiger charge is -2.15. The zero-order valence-electron chi connectivity index (χ0n) is 13.2. The summed E-state index contributed by atoms with van der Waals surface area (Å²) in [5.41, 5.74) is 1.24. The number of nitrogens with two attached hydrogens (primary N) is 1. The zero-order valence-corrected chi connectivity index (χ0v) is 14.1. The van der Waals surface area contributed by atoms with E-state index < -0.39 is 22.0 Å². The van der Waals surface area contributed by atoms with Crippen LogP contribution in [0.5, 0.6) is 0 Å². The molecule has 0 aliphatic rings. The number of hydrogen-bond acceptors (Lipinski definition) is 6. The van der Waals surface area contributed by atoms with Crippen molar-refractivity contribution in [1.82, 2.24) is 15.0 Å². The second-order valence-corrected chi connectivity index (χ2v) is 7.20. The Hall–Kier alpha value is -2.46. The second-order valence-electron chi connectivity index (χ2n) is 5.64. The number of anilines is 1. The fourth-order valence-corrected chi connectivity index (χ4v) is 2.70. The fraction of sp³-hybridized carbons (Fsp3) is 0.357. The van der Waals surface area contributed by atoms with Gasteiger partial charge in [0.15, 0.2) is 6.04 Å². The number of nitrogens with one attached hydrogen (secondary N) is 1. The summed E-state index contributed by atoms with van der Waals surface area (Å²) in [7, 11) is -3.72. The molecule has 4 N–H and O–H groups in total. The maximum Gasteiger partial charge on any atom is 0.328 e. The van der Waals surface area contributed by atoms with E-state index in [0.29, 0.717) is 17.9 Å². The maximum atomic E-state index is 11.3. The summed E-state index contributed by atoms with van der Waals surface area (Å²) in [6.07, 6.45) is 1.57. The van der Waals surface area contributed by atoms with Crippen LogP contribution in [0.4, 0.5) is 5.69 Å². The molecular formula is C14H19N5O4S. The van der Waals surface area contributed by atoms with Gasteiger partial charge >= 0.3 is 5.97 Å². The highest BCUT2D eigenvalue weighted by atomic mass is 32.2. The van der Waals surface area contributed by atoms with Crippen LogP contribution in [0.15, 0.2) is 35.4 Å². The summed E-state index contributed by atoms with van der Waals surface area (Å²) in [4.78, 5) is 11.3. The molecule has 0 aliphatic heterocycles. The standard InChI is InChI=1S/C14H19N5O4S/c1-9(2)13(14(20)21)19-8-11(17-18-19)7-16-10-3-5-12(6-4-10)24(15,22)23/h3-6,8-9,13,16H,7H2,1-2H3,(H,20,21)(H2,15,22,23)/t13-/m0/s1. The van der Waals surface area contributed by atoms with Gasteiger partial charge in [0.1, 0.15) is 5.69 Å². The van der Waals surface area contributed by atoms with Crippen molar-refractivity contribution in [2.45, 2.75) is 31.3 Å². The highest BCUT2D eigenvalue weighted by molar-refractivity contribution is 7.89. The number of nitrogens with zero attached hydrogens (tertiary/aromatic N) is 3.